The van der Waals surface area contributed by atoms with E-state index in [4.69, 9.17) is 0 Å². The van der Waals surface area contributed by atoms with Crippen LogP contribution in [-0.2, 0) is 0 Å². The van der Waals surface area contributed by atoms with Crippen LogP contribution in [-0.4, -0.2) is 22.7 Å². The average Bonchev–Trinajstić information content (AvgIpc) is 2.86. The summed E-state index contributed by atoms with van der Waals surface area (Å²) in [4.78, 5) is 4.36. The van der Waals surface area contributed by atoms with Crippen molar-refractivity contribution in [2.45, 2.75) is 38.3 Å². The minimum atomic E-state index is 0.272. The molecule has 0 spiro atoms. The summed E-state index contributed by atoms with van der Waals surface area (Å²) < 4.78 is 1.07. The minimum Gasteiger partial charge on any atom is -0.396 e. The highest BCUT2D eigenvalue weighted by molar-refractivity contribution is 9.11. The number of thiazole rings is 1. The third-order valence-corrected chi connectivity index (χ3v) is 4.88. The number of aromatic nitrogens is 1. The molecule has 2 rings (SSSR count). The van der Waals surface area contributed by atoms with Gasteiger partial charge in [-0.3, -0.25) is 0 Å². The van der Waals surface area contributed by atoms with Gasteiger partial charge in [0.1, 0.15) is 5.01 Å². The summed E-state index contributed by atoms with van der Waals surface area (Å²) in [5.41, 5.74) is 0. The average molecular weight is 305 g/mol. The van der Waals surface area contributed by atoms with Gasteiger partial charge in [-0.05, 0) is 41.6 Å². The quantitative estimate of drug-likeness (QED) is 0.899. The summed E-state index contributed by atoms with van der Waals surface area (Å²) in [7, 11) is 0. The van der Waals surface area contributed by atoms with Crippen molar-refractivity contribution in [1.29, 1.82) is 0 Å². The maximum absolute atomic E-state index is 9.26. The van der Waals surface area contributed by atoms with Crippen molar-refractivity contribution < 1.29 is 5.11 Å². The summed E-state index contributed by atoms with van der Waals surface area (Å²) in [6, 6.07) is 0.719. The Hall–Kier alpha value is 0.0300. The molecule has 0 saturated heterocycles. The topological polar surface area (TPSA) is 45.1 Å². The van der Waals surface area contributed by atoms with Crippen LogP contribution in [0.25, 0.3) is 0 Å². The van der Waals surface area contributed by atoms with Gasteiger partial charge in [-0.25, -0.2) is 4.98 Å². The summed E-state index contributed by atoms with van der Waals surface area (Å²) in [6.45, 7) is 2.43. The van der Waals surface area contributed by atoms with E-state index in [2.05, 4.69) is 33.2 Å². The Morgan fingerprint density at radius 1 is 1.69 bits per heavy atom. The number of hydrogen-bond acceptors (Lipinski definition) is 4. The molecule has 3 unspecified atom stereocenters. The summed E-state index contributed by atoms with van der Waals surface area (Å²) in [5, 5.41) is 13.9. The molecule has 1 aromatic heterocycles. The Balaban J connectivity index is 1.94. The van der Waals surface area contributed by atoms with E-state index in [0.717, 1.165) is 15.2 Å². The molecule has 1 aliphatic rings. The Bertz CT molecular complexity index is 344. The molecule has 0 bridgehead atoms. The van der Waals surface area contributed by atoms with Crippen LogP contribution >= 0.6 is 27.3 Å². The number of hydrogen-bond donors (Lipinski definition) is 2. The van der Waals surface area contributed by atoms with Crippen LogP contribution in [0.15, 0.2) is 9.98 Å². The molecule has 0 amide bonds. The number of halogens is 1. The molecule has 3 atom stereocenters. The van der Waals surface area contributed by atoms with Crippen molar-refractivity contribution in [3.63, 3.8) is 0 Å². The molecule has 0 aromatic carbocycles. The maximum atomic E-state index is 9.26. The first-order valence-corrected chi connectivity index (χ1v) is 7.29. The van der Waals surface area contributed by atoms with E-state index in [-0.39, 0.29) is 6.04 Å². The van der Waals surface area contributed by atoms with E-state index in [1.54, 1.807) is 11.3 Å². The molecule has 3 nitrogen and oxygen atoms in total. The lowest BCUT2D eigenvalue weighted by molar-refractivity contribution is 0.200. The van der Waals surface area contributed by atoms with Crippen molar-refractivity contribution in [1.82, 2.24) is 10.3 Å². The number of aliphatic hydroxyl groups is 1. The molecule has 90 valence electrons. The lowest BCUT2D eigenvalue weighted by Gasteiger charge is -2.22. The fraction of sp³-hybridized carbons (Fsp3) is 0.727. The lowest BCUT2D eigenvalue weighted by Crippen LogP contribution is -2.35. The molecule has 1 heterocycles. The van der Waals surface area contributed by atoms with E-state index in [0.29, 0.717) is 18.6 Å². The number of nitrogens with one attached hydrogen (secondary N) is 1. The zero-order valence-corrected chi connectivity index (χ0v) is 11.7. The lowest BCUT2D eigenvalue weighted by atomic mass is 10.0. The predicted octanol–water partition coefficient (Wildman–Crippen LogP) is 2.72. The third-order valence-electron chi connectivity index (χ3n) is 3.22. The van der Waals surface area contributed by atoms with Gasteiger partial charge >= 0.3 is 0 Å². The van der Waals surface area contributed by atoms with Crippen LogP contribution in [0.2, 0.25) is 0 Å². The monoisotopic (exact) mass is 304 g/mol. The highest BCUT2D eigenvalue weighted by Crippen LogP contribution is 2.29. The number of aliphatic hydroxyl groups excluding tert-OH is 1. The van der Waals surface area contributed by atoms with E-state index < -0.39 is 0 Å². The van der Waals surface area contributed by atoms with Crippen LogP contribution in [0, 0.1) is 5.92 Å². The van der Waals surface area contributed by atoms with E-state index in [1.165, 1.54) is 12.8 Å². The van der Waals surface area contributed by atoms with Gasteiger partial charge in [0.05, 0.1) is 16.0 Å². The first kappa shape index (κ1) is 12.5. The van der Waals surface area contributed by atoms with Crippen LogP contribution < -0.4 is 5.32 Å². The Morgan fingerprint density at radius 3 is 3.12 bits per heavy atom. The van der Waals surface area contributed by atoms with E-state index in [9.17, 15) is 5.11 Å². The predicted molar refractivity (Wildman–Crippen MR) is 69.6 cm³/mol. The Labute approximate surface area is 108 Å². The fourth-order valence-electron chi connectivity index (χ4n) is 2.33. The highest BCUT2D eigenvalue weighted by Gasteiger charge is 2.28. The van der Waals surface area contributed by atoms with Crippen LogP contribution in [0.5, 0.6) is 0 Å². The molecular formula is C11H17BrN2OS. The highest BCUT2D eigenvalue weighted by atomic mass is 79.9. The second kappa shape index (κ2) is 5.58. The van der Waals surface area contributed by atoms with Gasteiger partial charge in [-0.1, -0.05) is 6.42 Å². The minimum absolute atomic E-state index is 0.272. The van der Waals surface area contributed by atoms with Gasteiger partial charge in [0.25, 0.3) is 0 Å². The second-order valence-corrected chi connectivity index (χ2v) is 6.81. The first-order chi connectivity index (χ1) is 7.70. The van der Waals surface area contributed by atoms with Crippen molar-refractivity contribution in [3.05, 3.63) is 15.0 Å². The molecular weight excluding hydrogens is 288 g/mol. The van der Waals surface area contributed by atoms with Crippen molar-refractivity contribution in [3.8, 4) is 0 Å². The van der Waals surface area contributed by atoms with E-state index in [1.807, 2.05) is 6.20 Å². The van der Waals surface area contributed by atoms with Gasteiger partial charge in [-0.15, -0.1) is 11.3 Å². The van der Waals surface area contributed by atoms with Gasteiger partial charge in [0.15, 0.2) is 0 Å². The standard InChI is InChI=1S/C11H17BrN2OS/c1-7(11-13-5-10(12)16-11)14-9-4-2-3-8(9)6-15/h5,7-9,14-15H,2-4,6H2,1H3. The molecule has 1 saturated carbocycles. The molecule has 0 radical (unpaired) electrons. The zero-order valence-electron chi connectivity index (χ0n) is 9.32. The zero-order chi connectivity index (χ0) is 11.5. The molecule has 1 fully saturated rings. The smallest absolute Gasteiger partial charge is 0.110 e. The van der Waals surface area contributed by atoms with Crippen LogP contribution in [0.4, 0.5) is 0 Å². The molecule has 0 aliphatic heterocycles. The summed E-state index contributed by atoms with van der Waals surface area (Å²) >= 11 is 5.10. The first-order valence-electron chi connectivity index (χ1n) is 5.69. The number of nitrogens with zero attached hydrogens (tertiary/aromatic N) is 1. The fourth-order valence-corrected chi connectivity index (χ4v) is 3.59. The molecule has 16 heavy (non-hydrogen) atoms. The molecule has 1 aliphatic carbocycles. The summed E-state index contributed by atoms with van der Waals surface area (Å²) in [5.74, 6) is 0.422. The van der Waals surface area contributed by atoms with Gasteiger partial charge in [0.2, 0.25) is 0 Å². The van der Waals surface area contributed by atoms with Gasteiger partial charge < -0.3 is 10.4 Å². The largest absolute Gasteiger partial charge is 0.396 e. The van der Waals surface area contributed by atoms with Gasteiger partial charge in [0, 0.05) is 12.6 Å². The molecule has 5 heteroatoms. The summed E-state index contributed by atoms with van der Waals surface area (Å²) in [6.07, 6.45) is 5.37. The molecule has 2 N–H and O–H groups in total. The second-order valence-electron chi connectivity index (χ2n) is 4.37. The Kier molecular flexibility index (Phi) is 4.35. The number of rotatable bonds is 4. The maximum Gasteiger partial charge on any atom is 0.110 e. The van der Waals surface area contributed by atoms with Gasteiger partial charge in [-0.2, -0.15) is 0 Å². The Morgan fingerprint density at radius 2 is 2.50 bits per heavy atom. The van der Waals surface area contributed by atoms with Crippen LogP contribution in [0.1, 0.15) is 37.2 Å². The van der Waals surface area contributed by atoms with Crippen molar-refractivity contribution in [2.75, 3.05) is 6.61 Å². The molecule has 1 aromatic rings. The van der Waals surface area contributed by atoms with Crippen molar-refractivity contribution in [2.24, 2.45) is 5.92 Å². The normalized spacial score (nSPS) is 27.2. The SMILES string of the molecule is CC(NC1CCCC1CO)c1ncc(Br)s1. The third kappa shape index (κ3) is 2.83. The van der Waals surface area contributed by atoms with Crippen LogP contribution in [0.3, 0.4) is 0 Å². The van der Waals surface area contributed by atoms with Crippen molar-refractivity contribution >= 4 is 27.3 Å². The van der Waals surface area contributed by atoms with E-state index >= 15 is 0 Å².